The maximum atomic E-state index is 6.49. The Hall–Kier alpha value is -8.94. The van der Waals surface area contributed by atoms with Crippen LogP contribution in [0.3, 0.4) is 0 Å². The topological polar surface area (TPSA) is 32.8 Å². The van der Waals surface area contributed by atoms with Crippen LogP contribution in [0.15, 0.2) is 239 Å². The summed E-state index contributed by atoms with van der Waals surface area (Å²) in [6.45, 7) is 0. The van der Waals surface area contributed by atoms with E-state index in [9.17, 15) is 0 Å². The average molecular weight is 955 g/mol. The number of thiophene rings is 2. The van der Waals surface area contributed by atoms with Crippen molar-refractivity contribution in [3.8, 4) is 0 Å². The van der Waals surface area contributed by atoms with Gasteiger partial charge in [-0.15, -0.1) is 22.7 Å². The van der Waals surface area contributed by atoms with Gasteiger partial charge in [0.1, 0.15) is 22.3 Å². The molecule has 4 aromatic heterocycles. The summed E-state index contributed by atoms with van der Waals surface area (Å²) in [7, 11) is 0. The van der Waals surface area contributed by atoms with Crippen molar-refractivity contribution in [2.75, 3.05) is 9.80 Å². The molecule has 0 saturated heterocycles. The van der Waals surface area contributed by atoms with Crippen LogP contribution in [0.25, 0.3) is 117 Å². The van der Waals surface area contributed by atoms with E-state index in [0.29, 0.717) is 0 Å². The number of furan rings is 2. The van der Waals surface area contributed by atoms with Gasteiger partial charge in [-0.2, -0.15) is 0 Å². The van der Waals surface area contributed by atoms with Crippen LogP contribution < -0.4 is 9.80 Å². The minimum Gasteiger partial charge on any atom is -0.456 e. The van der Waals surface area contributed by atoms with Gasteiger partial charge in [-0.1, -0.05) is 133 Å². The molecule has 0 saturated carbocycles. The zero-order valence-corrected chi connectivity index (χ0v) is 40.1. The van der Waals surface area contributed by atoms with Gasteiger partial charge in [-0.25, -0.2) is 0 Å². The Morgan fingerprint density at radius 2 is 0.681 bits per heavy atom. The van der Waals surface area contributed by atoms with Gasteiger partial charge in [-0.3, -0.25) is 0 Å². The first-order valence-corrected chi connectivity index (χ1v) is 25.9. The first-order chi connectivity index (χ1) is 35.7. The standard InChI is InChI=1S/C66H38N2O2S2/c1-3-15-41(16-4-1)67(43-27-35-55-51(37-43)61-45-19-9-7-13-39(45)25-33-57(61)69-55)53-21-11-23-59-63(53)49-31-29-48-47(65(49)71-59)30-32-50-64-54(22-12-24-60(64)72-66(48)50)68(42-17-5-2-6-18-42)44-28-36-56-52(38-44)62-46-20-10-8-14-40(46)26-34-58(62)70-56/h1-38H. The lowest BCUT2D eigenvalue weighted by atomic mass is 10.0. The molecular formula is C66H38N2O2S2. The predicted octanol–water partition coefficient (Wildman–Crippen LogP) is 20.6. The zero-order chi connectivity index (χ0) is 47.0. The highest BCUT2D eigenvalue weighted by Gasteiger charge is 2.24. The number of rotatable bonds is 6. The predicted molar refractivity (Wildman–Crippen MR) is 309 cm³/mol. The molecule has 0 unspecified atom stereocenters. The second-order valence-corrected chi connectivity index (χ2v) is 20.8. The van der Waals surface area contributed by atoms with Crippen molar-refractivity contribution in [2.24, 2.45) is 0 Å². The first-order valence-electron chi connectivity index (χ1n) is 24.3. The molecule has 0 atom stereocenters. The van der Waals surface area contributed by atoms with Crippen molar-refractivity contribution in [1.29, 1.82) is 0 Å². The van der Waals surface area contributed by atoms with Gasteiger partial charge in [0.05, 0.1) is 11.4 Å². The lowest BCUT2D eigenvalue weighted by molar-refractivity contribution is 0.669. The van der Waals surface area contributed by atoms with Crippen molar-refractivity contribution < 1.29 is 8.83 Å². The second-order valence-electron chi connectivity index (χ2n) is 18.7. The van der Waals surface area contributed by atoms with E-state index in [0.717, 1.165) is 78.0 Å². The van der Waals surface area contributed by atoms with E-state index in [1.54, 1.807) is 0 Å². The van der Waals surface area contributed by atoms with E-state index in [2.05, 4.69) is 240 Å². The van der Waals surface area contributed by atoms with Crippen LogP contribution in [0, 0.1) is 0 Å². The molecule has 16 aromatic rings. The molecular weight excluding hydrogens is 917 g/mol. The Bertz CT molecular complexity index is 4580. The molecule has 0 N–H and O–H groups in total. The van der Waals surface area contributed by atoms with Crippen molar-refractivity contribution in [3.63, 3.8) is 0 Å². The van der Waals surface area contributed by atoms with Gasteiger partial charge < -0.3 is 18.6 Å². The summed E-state index contributed by atoms with van der Waals surface area (Å²) in [4.78, 5) is 4.85. The molecule has 4 nitrogen and oxygen atoms in total. The number of para-hydroxylation sites is 2. The number of nitrogens with zero attached hydrogens (tertiary/aromatic N) is 2. The third-order valence-electron chi connectivity index (χ3n) is 14.8. The molecule has 12 aromatic carbocycles. The highest BCUT2D eigenvalue weighted by atomic mass is 32.1. The molecule has 6 heteroatoms. The molecule has 0 amide bonds. The fourth-order valence-electron chi connectivity index (χ4n) is 11.7. The van der Waals surface area contributed by atoms with Crippen molar-refractivity contribution >= 4 is 173 Å². The summed E-state index contributed by atoms with van der Waals surface area (Å²) in [5.74, 6) is 0. The molecule has 0 spiro atoms. The van der Waals surface area contributed by atoms with Gasteiger partial charge in [0, 0.05) is 95.4 Å². The largest absolute Gasteiger partial charge is 0.456 e. The highest BCUT2D eigenvalue weighted by Crippen LogP contribution is 2.52. The Balaban J connectivity index is 0.881. The van der Waals surface area contributed by atoms with Crippen LogP contribution in [-0.4, -0.2) is 0 Å². The molecule has 72 heavy (non-hydrogen) atoms. The third-order valence-corrected chi connectivity index (χ3v) is 17.2. The maximum Gasteiger partial charge on any atom is 0.136 e. The Labute approximate surface area is 420 Å². The zero-order valence-electron chi connectivity index (χ0n) is 38.5. The SMILES string of the molecule is c1ccc(N(c2ccc3oc4ccc5ccccc5c4c3c2)c2cccc3sc4c5ccc6c(sc7cccc(N(c8ccccc8)c8ccc9oc%10ccc%11ccccc%11c%10c9c8)c76)c5ccc4c23)cc1. The van der Waals surface area contributed by atoms with Crippen molar-refractivity contribution in [2.45, 2.75) is 0 Å². The molecule has 0 radical (unpaired) electrons. The van der Waals surface area contributed by atoms with Crippen LogP contribution in [0.4, 0.5) is 34.1 Å². The Kier molecular flexibility index (Phi) is 8.46. The molecule has 0 bridgehead atoms. The Morgan fingerprint density at radius 1 is 0.264 bits per heavy atom. The van der Waals surface area contributed by atoms with Crippen LogP contribution in [-0.2, 0) is 0 Å². The number of fused-ring (bicyclic) bond motifs is 19. The first kappa shape index (κ1) is 39.9. The fourth-order valence-corrected chi connectivity index (χ4v) is 14.2. The average Bonchev–Trinajstić information content (AvgIpc) is 4.22. The van der Waals surface area contributed by atoms with Crippen molar-refractivity contribution in [3.05, 3.63) is 231 Å². The lowest BCUT2D eigenvalue weighted by Crippen LogP contribution is -2.10. The van der Waals surface area contributed by atoms with E-state index >= 15 is 0 Å². The maximum absolute atomic E-state index is 6.49. The van der Waals surface area contributed by atoms with Crippen molar-refractivity contribution in [1.82, 2.24) is 0 Å². The summed E-state index contributed by atoms with van der Waals surface area (Å²) >= 11 is 3.78. The van der Waals surface area contributed by atoms with Crippen LogP contribution in [0.1, 0.15) is 0 Å². The van der Waals surface area contributed by atoms with Gasteiger partial charge in [0.25, 0.3) is 0 Å². The van der Waals surface area contributed by atoms with Crippen LogP contribution in [0.2, 0.25) is 0 Å². The van der Waals surface area contributed by atoms with E-state index < -0.39 is 0 Å². The number of benzene rings is 12. The van der Waals surface area contributed by atoms with Crippen LogP contribution >= 0.6 is 22.7 Å². The number of anilines is 6. The van der Waals surface area contributed by atoms with E-state index in [-0.39, 0.29) is 0 Å². The Morgan fingerprint density at radius 3 is 1.15 bits per heavy atom. The summed E-state index contributed by atoms with van der Waals surface area (Å²) in [6, 6.07) is 83.6. The highest BCUT2D eigenvalue weighted by molar-refractivity contribution is 7.28. The smallest absolute Gasteiger partial charge is 0.136 e. The minimum absolute atomic E-state index is 0.884. The molecule has 0 aliphatic rings. The van der Waals surface area contributed by atoms with E-state index in [1.807, 2.05) is 22.7 Å². The molecule has 336 valence electrons. The quantitative estimate of drug-likeness (QED) is 0.166. The normalized spacial score (nSPS) is 12.2. The monoisotopic (exact) mass is 954 g/mol. The van der Waals surface area contributed by atoms with Gasteiger partial charge in [0.2, 0.25) is 0 Å². The van der Waals surface area contributed by atoms with Gasteiger partial charge in [0.15, 0.2) is 0 Å². The lowest BCUT2D eigenvalue weighted by Gasteiger charge is -2.26. The summed E-state index contributed by atoms with van der Waals surface area (Å²) in [5.41, 5.74) is 10.2. The van der Waals surface area contributed by atoms with Gasteiger partial charge >= 0.3 is 0 Å². The number of hydrogen-bond acceptors (Lipinski definition) is 6. The summed E-state index contributed by atoms with van der Waals surface area (Å²) in [6.07, 6.45) is 0. The van der Waals surface area contributed by atoms with E-state index in [1.165, 1.54) is 72.7 Å². The minimum atomic E-state index is 0.884. The van der Waals surface area contributed by atoms with Gasteiger partial charge in [-0.05, 0) is 119 Å². The molecule has 16 rings (SSSR count). The summed E-state index contributed by atoms with van der Waals surface area (Å²) in [5, 5.41) is 16.9. The molecule has 0 fully saturated rings. The van der Waals surface area contributed by atoms with E-state index in [4.69, 9.17) is 8.83 Å². The molecule has 4 heterocycles. The third kappa shape index (κ3) is 5.79. The molecule has 0 aliphatic heterocycles. The summed E-state index contributed by atoms with van der Waals surface area (Å²) < 4.78 is 18.1. The molecule has 0 aliphatic carbocycles. The van der Waals surface area contributed by atoms with Crippen LogP contribution in [0.5, 0.6) is 0 Å². The fraction of sp³-hybridized carbons (Fsp3) is 0. The second kappa shape index (κ2) is 15.3. The number of hydrogen-bond donors (Lipinski definition) is 0.